The fourth-order valence-electron chi connectivity index (χ4n) is 5.01. The van der Waals surface area contributed by atoms with E-state index in [0.717, 1.165) is 11.1 Å². The van der Waals surface area contributed by atoms with Crippen molar-refractivity contribution in [1.29, 1.82) is 0 Å². The molecule has 13 heteroatoms. The number of nitrogens with zero attached hydrogens (tertiary/aromatic N) is 1. The van der Waals surface area contributed by atoms with Crippen LogP contribution in [-0.4, -0.2) is 86.7 Å². The number of carbonyl (C=O) groups excluding carboxylic acids is 5. The van der Waals surface area contributed by atoms with Crippen LogP contribution in [0.25, 0.3) is 0 Å². The molecule has 0 heterocycles. The number of ether oxygens (including phenoxy) is 2. The molecular weight excluding hydrogens is 640 g/mol. The molecule has 5 amide bonds. The number of amides is 5. The largest absolute Gasteiger partial charge is 0.445 e. The van der Waals surface area contributed by atoms with Crippen molar-refractivity contribution in [3.63, 3.8) is 0 Å². The molecule has 2 aromatic carbocycles. The second kappa shape index (κ2) is 22.9. The Morgan fingerprint density at radius 1 is 0.700 bits per heavy atom. The summed E-state index contributed by atoms with van der Waals surface area (Å²) in [7, 11) is 3.46. The van der Waals surface area contributed by atoms with Gasteiger partial charge in [0.1, 0.15) is 31.3 Å². The van der Waals surface area contributed by atoms with Gasteiger partial charge in [-0.15, -0.1) is 0 Å². The quantitative estimate of drug-likeness (QED) is 0.123. The lowest BCUT2D eigenvalue weighted by molar-refractivity contribution is -0.137. The summed E-state index contributed by atoms with van der Waals surface area (Å²) in [5, 5.41) is 14.1. The highest BCUT2D eigenvalue weighted by Gasteiger charge is 2.32. The van der Waals surface area contributed by atoms with Crippen LogP contribution >= 0.6 is 0 Å². The summed E-state index contributed by atoms with van der Waals surface area (Å²) in [4.78, 5) is 66.9. The van der Waals surface area contributed by atoms with Gasteiger partial charge in [-0.3, -0.25) is 14.4 Å². The molecule has 0 aromatic heterocycles. The van der Waals surface area contributed by atoms with Crippen molar-refractivity contribution in [3.8, 4) is 0 Å². The highest BCUT2D eigenvalue weighted by molar-refractivity contribution is 5.94. The Morgan fingerprint density at radius 2 is 1.26 bits per heavy atom. The van der Waals surface area contributed by atoms with Gasteiger partial charge in [-0.25, -0.2) is 9.59 Å². The predicted octanol–water partition coefficient (Wildman–Crippen LogP) is 3.73. The number of unbranched alkanes of at least 4 members (excludes halogenated alkanes) is 1. The molecule has 2 rings (SSSR count). The van der Waals surface area contributed by atoms with E-state index in [1.54, 1.807) is 32.8 Å². The van der Waals surface area contributed by atoms with Crippen molar-refractivity contribution >= 4 is 29.9 Å². The standard InChI is InChI=1S/C37H56N6O7/c1-26(2)23-31(41-34(45)32(27(3)4)42-37(48)50-25-29-17-11-8-12-18-29)33(44)40-30(35(46)43(6)22-21-38-5)19-13-14-20-39-36(47)49-24-28-15-9-7-10-16-28/h7-12,15-18,26-27,30-32,38H,13-14,19-25H2,1-6H3,(H,39,47)(H,40,44)(H,41,45)(H,42,48)/t30-,31-,32+/m0/s1. The third kappa shape index (κ3) is 16.2. The zero-order chi connectivity index (χ0) is 36.9. The van der Waals surface area contributed by atoms with Crippen LogP contribution < -0.4 is 26.6 Å². The molecule has 0 fully saturated rings. The Bertz CT molecular complexity index is 1330. The average Bonchev–Trinajstić information content (AvgIpc) is 3.10. The van der Waals surface area contributed by atoms with Gasteiger partial charge in [-0.1, -0.05) is 88.4 Å². The van der Waals surface area contributed by atoms with E-state index in [4.69, 9.17) is 9.47 Å². The lowest BCUT2D eigenvalue weighted by Crippen LogP contribution is -2.58. The Kier molecular flexibility index (Phi) is 19.0. The number of rotatable bonds is 21. The van der Waals surface area contributed by atoms with Gasteiger partial charge >= 0.3 is 12.2 Å². The minimum Gasteiger partial charge on any atom is -0.445 e. The van der Waals surface area contributed by atoms with Gasteiger partial charge in [0.15, 0.2) is 0 Å². The van der Waals surface area contributed by atoms with Gasteiger partial charge in [0.05, 0.1) is 0 Å². The molecule has 0 saturated heterocycles. The Morgan fingerprint density at radius 3 is 1.80 bits per heavy atom. The number of hydrogen-bond acceptors (Lipinski definition) is 8. The lowest BCUT2D eigenvalue weighted by Gasteiger charge is -2.29. The van der Waals surface area contributed by atoms with Crippen LogP contribution in [0.2, 0.25) is 0 Å². The van der Waals surface area contributed by atoms with E-state index in [2.05, 4.69) is 26.6 Å². The first kappa shape index (κ1) is 41.5. The first-order valence-electron chi connectivity index (χ1n) is 17.3. The van der Waals surface area contributed by atoms with Crippen LogP contribution in [0.5, 0.6) is 0 Å². The molecule has 3 atom stereocenters. The van der Waals surface area contributed by atoms with E-state index in [9.17, 15) is 24.0 Å². The molecule has 0 aliphatic heterocycles. The normalized spacial score (nSPS) is 12.7. The van der Waals surface area contributed by atoms with Gasteiger partial charge in [0.25, 0.3) is 0 Å². The molecule has 5 N–H and O–H groups in total. The molecule has 50 heavy (non-hydrogen) atoms. The Hall–Kier alpha value is -4.65. The van der Waals surface area contributed by atoms with E-state index in [1.807, 2.05) is 74.5 Å². The molecule has 0 unspecified atom stereocenters. The zero-order valence-corrected chi connectivity index (χ0v) is 30.3. The van der Waals surface area contributed by atoms with Crippen molar-refractivity contribution in [2.75, 3.05) is 33.7 Å². The summed E-state index contributed by atoms with van der Waals surface area (Å²) in [6.45, 7) is 8.97. The fraction of sp³-hybridized carbons (Fsp3) is 0.541. The monoisotopic (exact) mass is 696 g/mol. The topological polar surface area (TPSA) is 167 Å². The molecular formula is C37H56N6O7. The van der Waals surface area contributed by atoms with Crippen molar-refractivity contribution < 1.29 is 33.4 Å². The minimum atomic E-state index is -0.960. The second-order valence-electron chi connectivity index (χ2n) is 13.0. The van der Waals surface area contributed by atoms with E-state index < -0.39 is 42.1 Å². The molecule has 276 valence electrons. The number of nitrogens with one attached hydrogen (secondary N) is 5. The van der Waals surface area contributed by atoms with E-state index >= 15 is 0 Å². The van der Waals surface area contributed by atoms with Gasteiger partial charge in [0, 0.05) is 26.7 Å². The SMILES string of the molecule is CNCCN(C)C(=O)[C@H](CCCCNC(=O)OCc1ccccc1)NC(=O)[C@H](CC(C)C)NC(=O)[C@H](NC(=O)OCc1ccccc1)C(C)C. The van der Waals surface area contributed by atoms with Crippen LogP contribution in [0.15, 0.2) is 60.7 Å². The van der Waals surface area contributed by atoms with Crippen LogP contribution in [0.3, 0.4) is 0 Å². The van der Waals surface area contributed by atoms with E-state index in [-0.39, 0.29) is 31.0 Å². The molecule has 2 aromatic rings. The van der Waals surface area contributed by atoms with E-state index in [1.165, 1.54) is 0 Å². The Labute approximate surface area is 296 Å². The number of alkyl carbamates (subject to hydrolysis) is 2. The van der Waals surface area contributed by atoms with Gasteiger partial charge < -0.3 is 41.0 Å². The van der Waals surface area contributed by atoms with E-state index in [0.29, 0.717) is 45.3 Å². The number of benzene rings is 2. The van der Waals surface area contributed by atoms with Gasteiger partial charge in [-0.2, -0.15) is 0 Å². The molecule has 13 nitrogen and oxygen atoms in total. The maximum absolute atomic E-state index is 13.7. The molecule has 0 spiro atoms. The van der Waals surface area contributed by atoms with Gasteiger partial charge in [-0.05, 0) is 55.7 Å². The van der Waals surface area contributed by atoms with Crippen molar-refractivity contribution in [3.05, 3.63) is 71.8 Å². The maximum atomic E-state index is 13.7. The summed E-state index contributed by atoms with van der Waals surface area (Å²) in [5.74, 6) is -1.56. The van der Waals surface area contributed by atoms with Crippen LogP contribution in [0.4, 0.5) is 9.59 Å². The summed E-state index contributed by atoms with van der Waals surface area (Å²) in [6, 6.07) is 15.8. The number of likely N-dealkylation sites (N-methyl/N-ethyl adjacent to an activating group) is 2. The zero-order valence-electron chi connectivity index (χ0n) is 30.3. The first-order chi connectivity index (χ1) is 23.9. The van der Waals surface area contributed by atoms with Crippen molar-refractivity contribution in [2.24, 2.45) is 11.8 Å². The highest BCUT2D eigenvalue weighted by atomic mass is 16.6. The molecule has 0 bridgehead atoms. The smallest absolute Gasteiger partial charge is 0.408 e. The van der Waals surface area contributed by atoms with Crippen LogP contribution in [0, 0.1) is 11.8 Å². The average molecular weight is 697 g/mol. The first-order valence-corrected chi connectivity index (χ1v) is 17.3. The molecule has 0 saturated carbocycles. The molecule has 0 aliphatic carbocycles. The van der Waals surface area contributed by atoms with Crippen molar-refractivity contribution in [1.82, 2.24) is 31.5 Å². The minimum absolute atomic E-state index is 0.0347. The fourth-order valence-corrected chi connectivity index (χ4v) is 5.01. The second-order valence-corrected chi connectivity index (χ2v) is 13.0. The number of hydrogen-bond donors (Lipinski definition) is 5. The Balaban J connectivity index is 2.02. The number of carbonyl (C=O) groups is 5. The molecule has 0 aliphatic rings. The lowest BCUT2D eigenvalue weighted by atomic mass is 9.99. The van der Waals surface area contributed by atoms with Gasteiger partial charge in [0.2, 0.25) is 17.7 Å². The third-order valence-corrected chi connectivity index (χ3v) is 7.87. The van der Waals surface area contributed by atoms with Crippen molar-refractivity contribution in [2.45, 2.75) is 84.7 Å². The summed E-state index contributed by atoms with van der Waals surface area (Å²) in [6.07, 6.45) is 0.428. The summed E-state index contributed by atoms with van der Waals surface area (Å²) in [5.41, 5.74) is 1.69. The summed E-state index contributed by atoms with van der Waals surface area (Å²) < 4.78 is 10.6. The third-order valence-electron chi connectivity index (χ3n) is 7.87. The predicted molar refractivity (Wildman–Crippen MR) is 192 cm³/mol. The molecule has 0 radical (unpaired) electrons. The van der Waals surface area contributed by atoms with Crippen LogP contribution in [0.1, 0.15) is 64.5 Å². The summed E-state index contributed by atoms with van der Waals surface area (Å²) >= 11 is 0. The highest BCUT2D eigenvalue weighted by Crippen LogP contribution is 2.11. The maximum Gasteiger partial charge on any atom is 0.408 e. The van der Waals surface area contributed by atoms with Crippen LogP contribution in [-0.2, 0) is 37.1 Å².